The average Bonchev–Trinajstić information content (AvgIpc) is 2.89. The summed E-state index contributed by atoms with van der Waals surface area (Å²) < 4.78 is 0. The normalized spacial score (nSPS) is 17.5. The van der Waals surface area contributed by atoms with Crippen LogP contribution >= 0.6 is 0 Å². The SMILES string of the molecule is Nc1cccc(C2(c3cccc(N)c3)CCCC2)c1. The van der Waals surface area contributed by atoms with Gasteiger partial charge in [0, 0.05) is 16.8 Å². The van der Waals surface area contributed by atoms with Gasteiger partial charge in [-0.3, -0.25) is 0 Å². The number of hydrogen-bond acceptors (Lipinski definition) is 2. The molecule has 0 spiro atoms. The Kier molecular flexibility index (Phi) is 2.94. The van der Waals surface area contributed by atoms with Gasteiger partial charge < -0.3 is 11.5 Å². The topological polar surface area (TPSA) is 52.0 Å². The van der Waals surface area contributed by atoms with Crippen molar-refractivity contribution < 1.29 is 0 Å². The highest BCUT2D eigenvalue weighted by Crippen LogP contribution is 2.47. The summed E-state index contributed by atoms with van der Waals surface area (Å²) in [5, 5.41) is 0. The van der Waals surface area contributed by atoms with Gasteiger partial charge in [0.15, 0.2) is 0 Å². The molecule has 3 rings (SSSR count). The number of anilines is 2. The number of hydrogen-bond donors (Lipinski definition) is 2. The summed E-state index contributed by atoms with van der Waals surface area (Å²) in [5.41, 5.74) is 16.4. The van der Waals surface area contributed by atoms with Gasteiger partial charge >= 0.3 is 0 Å². The zero-order chi connectivity index (χ0) is 13.3. The van der Waals surface area contributed by atoms with Crippen LogP contribution in [0.3, 0.4) is 0 Å². The molecule has 1 saturated carbocycles. The molecule has 1 fully saturated rings. The Morgan fingerprint density at radius 1 is 0.737 bits per heavy atom. The number of rotatable bonds is 2. The maximum Gasteiger partial charge on any atom is 0.0317 e. The van der Waals surface area contributed by atoms with Crippen molar-refractivity contribution in [2.75, 3.05) is 11.5 Å². The molecule has 0 bridgehead atoms. The summed E-state index contributed by atoms with van der Waals surface area (Å²) in [6, 6.07) is 16.6. The fourth-order valence-corrected chi connectivity index (χ4v) is 3.40. The Balaban J connectivity index is 2.14. The third kappa shape index (κ3) is 2.07. The quantitative estimate of drug-likeness (QED) is 0.800. The van der Waals surface area contributed by atoms with Crippen LogP contribution in [0.4, 0.5) is 11.4 Å². The van der Waals surface area contributed by atoms with Crippen LogP contribution in [0, 0.1) is 0 Å². The van der Waals surface area contributed by atoms with Crippen molar-refractivity contribution in [3.8, 4) is 0 Å². The van der Waals surface area contributed by atoms with Crippen LogP contribution in [0.15, 0.2) is 48.5 Å². The Morgan fingerprint density at radius 2 is 1.21 bits per heavy atom. The lowest BCUT2D eigenvalue weighted by atomic mass is 9.73. The van der Waals surface area contributed by atoms with E-state index in [0.29, 0.717) is 0 Å². The Labute approximate surface area is 114 Å². The molecular formula is C17H20N2. The van der Waals surface area contributed by atoms with Crippen molar-refractivity contribution in [3.05, 3.63) is 59.7 Å². The second-order valence-corrected chi connectivity index (χ2v) is 5.54. The molecule has 0 heterocycles. The van der Waals surface area contributed by atoms with Gasteiger partial charge in [-0.1, -0.05) is 37.1 Å². The zero-order valence-corrected chi connectivity index (χ0v) is 11.1. The van der Waals surface area contributed by atoms with E-state index in [1.54, 1.807) is 0 Å². The van der Waals surface area contributed by atoms with Crippen LogP contribution in [0.5, 0.6) is 0 Å². The molecule has 0 amide bonds. The first kappa shape index (κ1) is 12.1. The predicted octanol–water partition coefficient (Wildman–Crippen LogP) is 3.71. The van der Waals surface area contributed by atoms with Crippen LogP contribution in [0.25, 0.3) is 0 Å². The maximum absolute atomic E-state index is 5.97. The van der Waals surface area contributed by atoms with E-state index < -0.39 is 0 Å². The highest BCUT2D eigenvalue weighted by molar-refractivity contribution is 5.51. The molecule has 0 atom stereocenters. The van der Waals surface area contributed by atoms with Gasteiger partial charge in [-0.05, 0) is 48.2 Å². The van der Waals surface area contributed by atoms with E-state index in [9.17, 15) is 0 Å². The molecule has 2 nitrogen and oxygen atoms in total. The molecule has 0 radical (unpaired) electrons. The molecule has 2 heteroatoms. The molecule has 0 aromatic heterocycles. The van der Waals surface area contributed by atoms with Crippen LogP contribution in [0.1, 0.15) is 36.8 Å². The molecule has 2 aromatic rings. The van der Waals surface area contributed by atoms with E-state index in [1.807, 2.05) is 12.1 Å². The van der Waals surface area contributed by atoms with E-state index in [1.165, 1.54) is 36.8 Å². The van der Waals surface area contributed by atoms with Crippen molar-refractivity contribution >= 4 is 11.4 Å². The van der Waals surface area contributed by atoms with Crippen molar-refractivity contribution in [3.63, 3.8) is 0 Å². The van der Waals surface area contributed by atoms with Gasteiger partial charge in [0.25, 0.3) is 0 Å². The number of nitrogen functional groups attached to an aromatic ring is 2. The third-order valence-electron chi connectivity index (χ3n) is 4.34. The minimum absolute atomic E-state index is 0.102. The summed E-state index contributed by atoms with van der Waals surface area (Å²) >= 11 is 0. The minimum atomic E-state index is 0.102. The largest absolute Gasteiger partial charge is 0.399 e. The van der Waals surface area contributed by atoms with Gasteiger partial charge in [-0.2, -0.15) is 0 Å². The second-order valence-electron chi connectivity index (χ2n) is 5.54. The van der Waals surface area contributed by atoms with Gasteiger partial charge in [0.2, 0.25) is 0 Å². The van der Waals surface area contributed by atoms with Crippen molar-refractivity contribution in [1.82, 2.24) is 0 Å². The first-order valence-electron chi connectivity index (χ1n) is 6.93. The molecule has 1 aliphatic carbocycles. The molecule has 0 unspecified atom stereocenters. The maximum atomic E-state index is 5.97. The van der Waals surface area contributed by atoms with Crippen LogP contribution < -0.4 is 11.5 Å². The highest BCUT2D eigenvalue weighted by Gasteiger charge is 2.37. The standard InChI is InChI=1S/C17H20N2/c18-15-7-3-5-13(11-15)17(9-1-2-10-17)14-6-4-8-16(19)12-14/h3-8,11-12H,1-2,9-10,18-19H2. The van der Waals surface area contributed by atoms with E-state index in [0.717, 1.165) is 11.4 Å². The van der Waals surface area contributed by atoms with Crippen molar-refractivity contribution in [1.29, 1.82) is 0 Å². The Morgan fingerprint density at radius 3 is 1.63 bits per heavy atom. The molecule has 0 aliphatic heterocycles. The fraction of sp³-hybridized carbons (Fsp3) is 0.294. The van der Waals surface area contributed by atoms with E-state index >= 15 is 0 Å². The van der Waals surface area contributed by atoms with Crippen LogP contribution in [-0.2, 0) is 5.41 Å². The molecule has 19 heavy (non-hydrogen) atoms. The van der Waals surface area contributed by atoms with Crippen molar-refractivity contribution in [2.45, 2.75) is 31.1 Å². The smallest absolute Gasteiger partial charge is 0.0317 e. The van der Waals surface area contributed by atoms with Crippen molar-refractivity contribution in [2.24, 2.45) is 0 Å². The molecular weight excluding hydrogens is 232 g/mol. The predicted molar refractivity (Wildman–Crippen MR) is 81.0 cm³/mol. The van der Waals surface area contributed by atoms with E-state index in [-0.39, 0.29) is 5.41 Å². The van der Waals surface area contributed by atoms with Gasteiger partial charge in [-0.15, -0.1) is 0 Å². The van der Waals surface area contributed by atoms with Gasteiger partial charge in [0.05, 0.1) is 0 Å². The summed E-state index contributed by atoms with van der Waals surface area (Å²) in [6.07, 6.45) is 4.90. The molecule has 2 aromatic carbocycles. The van der Waals surface area contributed by atoms with Crippen LogP contribution in [0.2, 0.25) is 0 Å². The lowest BCUT2D eigenvalue weighted by molar-refractivity contribution is 0.536. The Hall–Kier alpha value is -1.96. The lowest BCUT2D eigenvalue weighted by Gasteiger charge is -2.31. The monoisotopic (exact) mass is 252 g/mol. The third-order valence-corrected chi connectivity index (χ3v) is 4.34. The van der Waals surface area contributed by atoms with E-state index in [2.05, 4.69) is 36.4 Å². The first-order chi connectivity index (χ1) is 9.21. The number of nitrogens with two attached hydrogens (primary N) is 2. The first-order valence-corrected chi connectivity index (χ1v) is 6.93. The lowest BCUT2D eigenvalue weighted by Crippen LogP contribution is -2.24. The van der Waals surface area contributed by atoms with E-state index in [4.69, 9.17) is 11.5 Å². The van der Waals surface area contributed by atoms with Gasteiger partial charge in [-0.25, -0.2) is 0 Å². The molecule has 1 aliphatic rings. The summed E-state index contributed by atoms with van der Waals surface area (Å²) in [6.45, 7) is 0. The second kappa shape index (κ2) is 4.61. The molecule has 0 saturated heterocycles. The van der Waals surface area contributed by atoms with Gasteiger partial charge in [0.1, 0.15) is 0 Å². The summed E-state index contributed by atoms with van der Waals surface area (Å²) in [4.78, 5) is 0. The fourth-order valence-electron chi connectivity index (χ4n) is 3.40. The minimum Gasteiger partial charge on any atom is -0.399 e. The average molecular weight is 252 g/mol. The zero-order valence-electron chi connectivity index (χ0n) is 11.1. The summed E-state index contributed by atoms with van der Waals surface area (Å²) in [5.74, 6) is 0. The summed E-state index contributed by atoms with van der Waals surface area (Å²) in [7, 11) is 0. The molecule has 98 valence electrons. The van der Waals surface area contributed by atoms with Crippen LogP contribution in [-0.4, -0.2) is 0 Å². The highest BCUT2D eigenvalue weighted by atomic mass is 14.6. The molecule has 4 N–H and O–H groups in total. The number of benzene rings is 2. The Bertz CT molecular complexity index is 536.